The molecule has 0 saturated heterocycles. The van der Waals surface area contributed by atoms with E-state index in [4.69, 9.17) is 0 Å². The summed E-state index contributed by atoms with van der Waals surface area (Å²) < 4.78 is 27.9. The van der Waals surface area contributed by atoms with Crippen LogP contribution in [0.25, 0.3) is 10.9 Å². The Hall–Kier alpha value is -3.49. The second-order valence-electron chi connectivity index (χ2n) is 6.86. The maximum Gasteiger partial charge on any atom is 0.225 e. The lowest BCUT2D eigenvalue weighted by Gasteiger charge is -2.09. The van der Waals surface area contributed by atoms with E-state index in [9.17, 15) is 8.78 Å². The van der Waals surface area contributed by atoms with Crippen molar-refractivity contribution in [3.05, 3.63) is 59.6 Å². The highest BCUT2D eigenvalue weighted by Crippen LogP contribution is 2.39. The Morgan fingerprint density at radius 1 is 1.18 bits per heavy atom. The molecule has 7 nitrogen and oxygen atoms in total. The zero-order valence-corrected chi connectivity index (χ0v) is 14.8. The molecule has 3 aromatic heterocycles. The molecule has 3 heterocycles. The van der Waals surface area contributed by atoms with E-state index >= 15 is 0 Å². The van der Waals surface area contributed by atoms with E-state index in [1.807, 2.05) is 12.1 Å². The van der Waals surface area contributed by atoms with E-state index in [1.165, 1.54) is 12.1 Å². The molecule has 28 heavy (non-hydrogen) atoms. The fraction of sp³-hybridized carbons (Fsp3) is 0.211. The van der Waals surface area contributed by atoms with Crippen LogP contribution in [0.15, 0.2) is 36.7 Å². The first-order chi connectivity index (χ1) is 13.7. The molecule has 5 rings (SSSR count). The van der Waals surface area contributed by atoms with Crippen LogP contribution in [0, 0.1) is 11.6 Å². The molecule has 0 spiro atoms. The van der Waals surface area contributed by atoms with Gasteiger partial charge in [0, 0.05) is 41.3 Å². The monoisotopic (exact) mass is 381 g/mol. The number of nitrogens with one attached hydrogen (secondary N) is 4. The lowest BCUT2D eigenvalue weighted by atomic mass is 10.1. The molecule has 4 N–H and O–H groups in total. The third-order valence-electron chi connectivity index (χ3n) is 4.76. The minimum atomic E-state index is -0.583. The maximum atomic E-state index is 14.1. The van der Waals surface area contributed by atoms with Crippen molar-refractivity contribution in [1.29, 1.82) is 0 Å². The molecule has 9 heteroatoms. The molecule has 0 bridgehead atoms. The van der Waals surface area contributed by atoms with Crippen molar-refractivity contribution in [1.82, 2.24) is 25.1 Å². The number of aromatic nitrogens is 5. The van der Waals surface area contributed by atoms with E-state index < -0.39 is 5.82 Å². The van der Waals surface area contributed by atoms with Gasteiger partial charge in [0.05, 0.1) is 6.20 Å². The van der Waals surface area contributed by atoms with Crippen LogP contribution < -0.4 is 10.6 Å². The summed E-state index contributed by atoms with van der Waals surface area (Å²) in [5.74, 6) is 0.364. The predicted molar refractivity (Wildman–Crippen MR) is 101 cm³/mol. The number of benzene rings is 1. The number of aromatic amines is 2. The Bertz CT molecular complexity index is 1150. The SMILES string of the molecule is Fc1cc(CNc2ncc(F)c(Nc3cc(C4CC4)[nH]n3)n2)c2cc[nH]c2c1. The lowest BCUT2D eigenvalue weighted by Crippen LogP contribution is -2.07. The predicted octanol–water partition coefficient (Wildman–Crippen LogP) is 4.19. The molecule has 0 radical (unpaired) electrons. The number of hydrogen-bond donors (Lipinski definition) is 4. The summed E-state index contributed by atoms with van der Waals surface area (Å²) in [7, 11) is 0. The highest BCUT2D eigenvalue weighted by atomic mass is 19.1. The van der Waals surface area contributed by atoms with Gasteiger partial charge in [-0.25, -0.2) is 13.8 Å². The average Bonchev–Trinajstić information content (AvgIpc) is 3.24. The number of H-pyrrole nitrogens is 2. The first-order valence-electron chi connectivity index (χ1n) is 9.00. The average molecular weight is 381 g/mol. The molecule has 1 fully saturated rings. The zero-order chi connectivity index (χ0) is 19.1. The normalized spacial score (nSPS) is 13.8. The number of nitrogens with zero attached hydrogens (tertiary/aromatic N) is 3. The Kier molecular flexibility index (Phi) is 3.92. The summed E-state index contributed by atoms with van der Waals surface area (Å²) in [6.45, 7) is 0.297. The Balaban J connectivity index is 1.34. The molecule has 142 valence electrons. The van der Waals surface area contributed by atoms with Gasteiger partial charge in [-0.2, -0.15) is 10.1 Å². The Labute approximate surface area is 158 Å². The van der Waals surface area contributed by atoms with Crippen LogP contribution in [0.5, 0.6) is 0 Å². The number of rotatable bonds is 6. The summed E-state index contributed by atoms with van der Waals surface area (Å²) in [6.07, 6.45) is 5.13. The van der Waals surface area contributed by atoms with Gasteiger partial charge in [0.2, 0.25) is 5.95 Å². The minimum absolute atomic E-state index is 0.0254. The van der Waals surface area contributed by atoms with E-state index in [0.29, 0.717) is 23.8 Å². The first kappa shape index (κ1) is 16.7. The number of hydrogen-bond acceptors (Lipinski definition) is 5. The molecule has 4 aromatic rings. The smallest absolute Gasteiger partial charge is 0.225 e. The van der Waals surface area contributed by atoms with Crippen molar-refractivity contribution < 1.29 is 8.78 Å². The maximum absolute atomic E-state index is 14.1. The van der Waals surface area contributed by atoms with Crippen LogP contribution in [0.3, 0.4) is 0 Å². The van der Waals surface area contributed by atoms with Crippen LogP contribution in [0.4, 0.5) is 26.4 Å². The van der Waals surface area contributed by atoms with Crippen LogP contribution in [-0.2, 0) is 6.54 Å². The summed E-state index contributed by atoms with van der Waals surface area (Å²) in [5.41, 5.74) is 2.50. The molecule has 0 aliphatic heterocycles. The highest BCUT2D eigenvalue weighted by molar-refractivity contribution is 5.83. The van der Waals surface area contributed by atoms with E-state index in [-0.39, 0.29) is 17.6 Å². The third-order valence-corrected chi connectivity index (χ3v) is 4.76. The molecule has 1 aliphatic carbocycles. The zero-order valence-electron chi connectivity index (χ0n) is 14.8. The standard InChI is InChI=1S/C19H17F2N7/c20-12-5-11(13-3-4-22-16(13)6-12)8-23-19-24-9-14(21)18(26-19)25-17-7-15(27-28-17)10-1-2-10/h3-7,9-10,22H,1-2,8H2,(H3,23,24,25,26,27,28). The van der Waals surface area contributed by atoms with Crippen LogP contribution in [0.1, 0.15) is 30.0 Å². The van der Waals surface area contributed by atoms with Gasteiger partial charge >= 0.3 is 0 Å². The van der Waals surface area contributed by atoms with Crippen molar-refractivity contribution >= 4 is 28.5 Å². The molecular formula is C19H17F2N7. The van der Waals surface area contributed by atoms with E-state index in [2.05, 4.69) is 35.8 Å². The van der Waals surface area contributed by atoms with Crippen molar-refractivity contribution in [2.24, 2.45) is 0 Å². The third kappa shape index (κ3) is 3.26. The molecule has 1 aliphatic rings. The van der Waals surface area contributed by atoms with Gasteiger partial charge in [-0.3, -0.25) is 5.10 Å². The molecule has 0 amide bonds. The highest BCUT2D eigenvalue weighted by Gasteiger charge is 2.25. The molecule has 0 unspecified atom stereocenters. The molecule has 1 saturated carbocycles. The minimum Gasteiger partial charge on any atom is -0.361 e. The van der Waals surface area contributed by atoms with Gasteiger partial charge in [0.1, 0.15) is 5.82 Å². The summed E-state index contributed by atoms with van der Waals surface area (Å²) >= 11 is 0. The summed E-state index contributed by atoms with van der Waals surface area (Å²) in [5, 5.41) is 13.9. The fourth-order valence-electron chi connectivity index (χ4n) is 3.19. The number of anilines is 3. The Morgan fingerprint density at radius 3 is 2.93 bits per heavy atom. The second-order valence-corrected chi connectivity index (χ2v) is 6.86. The summed E-state index contributed by atoms with van der Waals surface area (Å²) in [6, 6.07) is 6.63. The van der Waals surface area contributed by atoms with Gasteiger partial charge in [-0.15, -0.1) is 0 Å². The quantitative estimate of drug-likeness (QED) is 0.402. The molecular weight excluding hydrogens is 364 g/mol. The van der Waals surface area contributed by atoms with Crippen LogP contribution in [0.2, 0.25) is 0 Å². The van der Waals surface area contributed by atoms with Crippen molar-refractivity contribution in [2.75, 3.05) is 10.6 Å². The van der Waals surface area contributed by atoms with Crippen LogP contribution in [-0.4, -0.2) is 25.1 Å². The fourth-order valence-corrected chi connectivity index (χ4v) is 3.19. The first-order valence-corrected chi connectivity index (χ1v) is 9.00. The summed E-state index contributed by atoms with van der Waals surface area (Å²) in [4.78, 5) is 11.1. The van der Waals surface area contributed by atoms with Gasteiger partial charge < -0.3 is 15.6 Å². The number of fused-ring (bicyclic) bond motifs is 1. The second kappa shape index (κ2) is 6.59. The van der Waals surface area contributed by atoms with E-state index in [1.54, 1.807) is 6.20 Å². The van der Waals surface area contributed by atoms with Crippen molar-refractivity contribution in [2.45, 2.75) is 25.3 Å². The Morgan fingerprint density at radius 2 is 2.07 bits per heavy atom. The molecule has 0 atom stereocenters. The number of halogens is 2. The van der Waals surface area contributed by atoms with Gasteiger partial charge in [0.15, 0.2) is 17.5 Å². The van der Waals surface area contributed by atoms with Crippen molar-refractivity contribution in [3.63, 3.8) is 0 Å². The van der Waals surface area contributed by atoms with Gasteiger partial charge in [-0.1, -0.05) is 0 Å². The van der Waals surface area contributed by atoms with Gasteiger partial charge in [0.25, 0.3) is 0 Å². The topological polar surface area (TPSA) is 94.3 Å². The largest absolute Gasteiger partial charge is 0.361 e. The van der Waals surface area contributed by atoms with Gasteiger partial charge in [-0.05, 0) is 36.6 Å². The van der Waals surface area contributed by atoms with E-state index in [0.717, 1.165) is 35.7 Å². The molecule has 1 aromatic carbocycles. The van der Waals surface area contributed by atoms with Crippen molar-refractivity contribution in [3.8, 4) is 0 Å². The van der Waals surface area contributed by atoms with Crippen LogP contribution >= 0.6 is 0 Å². The lowest BCUT2D eigenvalue weighted by molar-refractivity contribution is 0.619.